The second kappa shape index (κ2) is 4.53. The smallest absolute Gasteiger partial charge is 0.174 e. The Kier molecular flexibility index (Phi) is 3.08. The first kappa shape index (κ1) is 11.6. The Morgan fingerprint density at radius 3 is 3.06 bits per heavy atom. The average molecular weight is 232 g/mol. The van der Waals surface area contributed by atoms with Gasteiger partial charge in [0, 0.05) is 19.0 Å². The maximum Gasteiger partial charge on any atom is 0.174 e. The zero-order chi connectivity index (χ0) is 12.4. The van der Waals surface area contributed by atoms with Gasteiger partial charge in [0.25, 0.3) is 0 Å². The molecule has 0 spiro atoms. The number of hydrogen-bond acceptors (Lipinski definition) is 4. The second-order valence-corrected chi connectivity index (χ2v) is 4.23. The third-order valence-corrected chi connectivity index (χ3v) is 2.96. The van der Waals surface area contributed by atoms with E-state index in [9.17, 15) is 4.79 Å². The van der Waals surface area contributed by atoms with Gasteiger partial charge in [-0.3, -0.25) is 4.79 Å². The van der Waals surface area contributed by atoms with Crippen LogP contribution in [-0.2, 0) is 4.79 Å². The summed E-state index contributed by atoms with van der Waals surface area (Å²) in [7, 11) is 0. The summed E-state index contributed by atoms with van der Waals surface area (Å²) in [5, 5.41) is 7.76. The molecule has 0 aromatic carbocycles. The quantitative estimate of drug-likeness (QED) is 0.872. The highest BCUT2D eigenvalue weighted by molar-refractivity contribution is 5.80. The molecule has 2 rings (SSSR count). The summed E-state index contributed by atoms with van der Waals surface area (Å²) in [4.78, 5) is 11.5. The predicted octanol–water partition coefficient (Wildman–Crippen LogP) is 1.78. The van der Waals surface area contributed by atoms with Crippen LogP contribution >= 0.6 is 0 Å². The first-order valence-electron chi connectivity index (χ1n) is 5.74. The summed E-state index contributed by atoms with van der Waals surface area (Å²) in [5.41, 5.74) is 7.63. The third-order valence-electron chi connectivity index (χ3n) is 2.96. The lowest BCUT2D eigenvalue weighted by molar-refractivity contribution is -0.119. The number of ketones is 1. The van der Waals surface area contributed by atoms with Crippen molar-refractivity contribution in [2.75, 3.05) is 5.73 Å². The Morgan fingerprint density at radius 2 is 2.35 bits per heavy atom. The van der Waals surface area contributed by atoms with Crippen molar-refractivity contribution in [3.05, 3.63) is 23.9 Å². The molecule has 2 heterocycles. The number of carbonyl (C=O) groups excluding carboxylic acids is 1. The molecule has 0 amide bonds. The van der Waals surface area contributed by atoms with Gasteiger partial charge in [-0.05, 0) is 17.5 Å². The van der Waals surface area contributed by atoms with Gasteiger partial charge < -0.3 is 5.73 Å². The Morgan fingerprint density at radius 1 is 1.59 bits per heavy atom. The number of rotatable bonds is 4. The summed E-state index contributed by atoms with van der Waals surface area (Å²) < 4.78 is 1.65. The zero-order valence-electron chi connectivity index (χ0n) is 10.1. The molecule has 90 valence electrons. The number of Topliss-reactive ketones (excluding diaryl/α,β-unsaturated/α-hetero) is 1. The Balaban J connectivity index is 2.40. The molecule has 1 atom stereocenters. The van der Waals surface area contributed by atoms with E-state index in [1.165, 1.54) is 0 Å². The van der Waals surface area contributed by atoms with Crippen molar-refractivity contribution < 1.29 is 4.79 Å². The third kappa shape index (κ3) is 2.13. The molecule has 0 bridgehead atoms. The summed E-state index contributed by atoms with van der Waals surface area (Å²) >= 11 is 0. The van der Waals surface area contributed by atoms with Crippen LogP contribution < -0.4 is 5.73 Å². The summed E-state index contributed by atoms with van der Waals surface area (Å²) in [6.07, 6.45) is 2.90. The van der Waals surface area contributed by atoms with E-state index in [2.05, 4.69) is 10.3 Å². The van der Waals surface area contributed by atoms with Crippen LogP contribution in [0, 0.1) is 0 Å². The van der Waals surface area contributed by atoms with Gasteiger partial charge in [-0.2, -0.15) is 0 Å². The minimum atomic E-state index is 0.131. The van der Waals surface area contributed by atoms with Gasteiger partial charge in [-0.1, -0.05) is 25.1 Å². The van der Waals surface area contributed by atoms with Crippen LogP contribution in [0.2, 0.25) is 0 Å². The van der Waals surface area contributed by atoms with E-state index < -0.39 is 0 Å². The van der Waals surface area contributed by atoms with Crippen LogP contribution in [0.15, 0.2) is 18.3 Å². The van der Waals surface area contributed by atoms with Gasteiger partial charge in [-0.15, -0.1) is 5.10 Å². The van der Waals surface area contributed by atoms with Crippen molar-refractivity contribution in [3.63, 3.8) is 0 Å². The lowest BCUT2D eigenvalue weighted by Crippen LogP contribution is -2.05. The largest absolute Gasteiger partial charge is 0.380 e. The van der Waals surface area contributed by atoms with Crippen LogP contribution in [0.25, 0.3) is 5.52 Å². The Hall–Kier alpha value is -1.91. The summed E-state index contributed by atoms with van der Waals surface area (Å²) in [6.45, 7) is 3.90. The molecule has 5 heteroatoms. The van der Waals surface area contributed by atoms with Gasteiger partial charge in [0.2, 0.25) is 0 Å². The van der Waals surface area contributed by atoms with E-state index in [0.717, 1.165) is 11.1 Å². The highest BCUT2D eigenvalue weighted by Crippen LogP contribution is 2.26. The zero-order valence-corrected chi connectivity index (χ0v) is 10.1. The standard InChI is InChI=1S/C12H16N4O/c1-3-9(17)7-8(2)10-5-4-6-16-11(10)12(13)14-15-16/h4-6,8H,3,7,13H2,1-2H3. The topological polar surface area (TPSA) is 73.3 Å². The molecule has 2 aromatic rings. The number of carbonyl (C=O) groups is 1. The van der Waals surface area contributed by atoms with Gasteiger partial charge in [0.05, 0.1) is 0 Å². The van der Waals surface area contributed by atoms with Gasteiger partial charge >= 0.3 is 0 Å². The molecule has 5 nitrogen and oxygen atoms in total. The molecular formula is C12H16N4O. The highest BCUT2D eigenvalue weighted by atomic mass is 16.1. The number of nitrogens with two attached hydrogens (primary N) is 1. The Labute approximate surface area is 99.6 Å². The molecule has 0 fully saturated rings. The van der Waals surface area contributed by atoms with Crippen LogP contribution in [0.4, 0.5) is 5.82 Å². The van der Waals surface area contributed by atoms with Crippen molar-refractivity contribution in [3.8, 4) is 0 Å². The number of fused-ring (bicyclic) bond motifs is 1. The lowest BCUT2D eigenvalue weighted by atomic mass is 9.94. The van der Waals surface area contributed by atoms with Crippen molar-refractivity contribution in [1.82, 2.24) is 14.8 Å². The fraction of sp³-hybridized carbons (Fsp3) is 0.417. The number of pyridine rings is 1. The lowest BCUT2D eigenvalue weighted by Gasteiger charge is -2.11. The molecule has 0 saturated heterocycles. The second-order valence-electron chi connectivity index (χ2n) is 4.23. The van der Waals surface area contributed by atoms with Crippen LogP contribution in [0.5, 0.6) is 0 Å². The number of aromatic nitrogens is 3. The van der Waals surface area contributed by atoms with E-state index in [0.29, 0.717) is 18.7 Å². The van der Waals surface area contributed by atoms with E-state index >= 15 is 0 Å². The molecule has 17 heavy (non-hydrogen) atoms. The minimum absolute atomic E-state index is 0.131. The summed E-state index contributed by atoms with van der Waals surface area (Å²) in [5.74, 6) is 0.800. The van der Waals surface area contributed by atoms with Crippen molar-refractivity contribution in [2.45, 2.75) is 32.6 Å². The number of anilines is 1. The minimum Gasteiger partial charge on any atom is -0.380 e. The fourth-order valence-electron chi connectivity index (χ4n) is 1.99. The maximum atomic E-state index is 11.5. The fourth-order valence-corrected chi connectivity index (χ4v) is 1.99. The van der Waals surface area contributed by atoms with Crippen LogP contribution in [0.1, 0.15) is 38.2 Å². The van der Waals surface area contributed by atoms with E-state index in [-0.39, 0.29) is 11.7 Å². The molecule has 2 aromatic heterocycles. The average Bonchev–Trinajstić information content (AvgIpc) is 2.71. The van der Waals surface area contributed by atoms with Gasteiger partial charge in [0.1, 0.15) is 11.3 Å². The molecule has 0 aliphatic carbocycles. The molecule has 0 saturated carbocycles. The monoisotopic (exact) mass is 232 g/mol. The highest BCUT2D eigenvalue weighted by Gasteiger charge is 2.15. The maximum absolute atomic E-state index is 11.5. The predicted molar refractivity (Wildman–Crippen MR) is 65.7 cm³/mol. The van der Waals surface area contributed by atoms with E-state index in [4.69, 9.17) is 5.73 Å². The van der Waals surface area contributed by atoms with Crippen LogP contribution in [0.3, 0.4) is 0 Å². The first-order chi connectivity index (χ1) is 8.13. The van der Waals surface area contributed by atoms with Crippen molar-refractivity contribution >= 4 is 17.1 Å². The molecule has 1 unspecified atom stereocenters. The van der Waals surface area contributed by atoms with Gasteiger partial charge in [-0.25, -0.2) is 4.52 Å². The van der Waals surface area contributed by atoms with E-state index in [1.807, 2.05) is 26.0 Å². The SMILES string of the molecule is CCC(=O)CC(C)c1cccn2nnc(N)c12. The summed E-state index contributed by atoms with van der Waals surface area (Å²) in [6, 6.07) is 3.87. The number of hydrogen-bond donors (Lipinski definition) is 1. The number of nitrogen functional groups attached to an aromatic ring is 1. The molecule has 2 N–H and O–H groups in total. The van der Waals surface area contributed by atoms with Crippen LogP contribution in [-0.4, -0.2) is 20.6 Å². The van der Waals surface area contributed by atoms with Gasteiger partial charge in [0.15, 0.2) is 5.82 Å². The number of nitrogens with zero attached hydrogens (tertiary/aromatic N) is 3. The molecule has 0 aliphatic heterocycles. The normalized spacial score (nSPS) is 12.8. The molecule has 0 radical (unpaired) electrons. The van der Waals surface area contributed by atoms with Crippen molar-refractivity contribution in [2.24, 2.45) is 0 Å². The molecule has 0 aliphatic rings. The van der Waals surface area contributed by atoms with E-state index in [1.54, 1.807) is 10.7 Å². The Bertz CT molecular complexity index is 546. The molecular weight excluding hydrogens is 216 g/mol. The van der Waals surface area contributed by atoms with Crippen molar-refractivity contribution in [1.29, 1.82) is 0 Å². The first-order valence-corrected chi connectivity index (χ1v) is 5.74.